The molecule has 0 radical (unpaired) electrons. The summed E-state index contributed by atoms with van der Waals surface area (Å²) in [7, 11) is 2.98. The van der Waals surface area contributed by atoms with Crippen LogP contribution >= 0.6 is 0 Å². The third-order valence-corrected chi connectivity index (χ3v) is 4.58. The summed E-state index contributed by atoms with van der Waals surface area (Å²) in [6.07, 6.45) is -4.81. The predicted molar refractivity (Wildman–Crippen MR) is 124 cm³/mol. The van der Waals surface area contributed by atoms with Crippen LogP contribution in [-0.2, 0) is 20.8 Å². The van der Waals surface area contributed by atoms with E-state index in [4.69, 9.17) is 34.3 Å². The number of ether oxygens (including phenoxy) is 3. The van der Waals surface area contributed by atoms with Crippen LogP contribution in [0.15, 0.2) is 12.1 Å². The van der Waals surface area contributed by atoms with Crippen LogP contribution in [-0.4, -0.2) is 71.7 Å². The van der Waals surface area contributed by atoms with E-state index in [1.54, 1.807) is 12.1 Å². The highest BCUT2D eigenvalue weighted by Crippen LogP contribution is 2.45. The number of benzene rings is 1. The summed E-state index contributed by atoms with van der Waals surface area (Å²) >= 11 is 0. The first-order valence-corrected chi connectivity index (χ1v) is 9.93. The Morgan fingerprint density at radius 2 is 1.61 bits per heavy atom. The quantitative estimate of drug-likeness (QED) is 0.277. The summed E-state index contributed by atoms with van der Waals surface area (Å²) in [5.41, 5.74) is 1.38. The maximum absolute atomic E-state index is 11.1. The molecule has 0 saturated carbocycles. The maximum atomic E-state index is 11.1. The van der Waals surface area contributed by atoms with Gasteiger partial charge in [0.05, 0.1) is 19.9 Å². The molecule has 0 amide bonds. The lowest BCUT2D eigenvalue weighted by Crippen LogP contribution is -2.21. The number of carbonyl (C=O) groups is 3. The van der Waals surface area contributed by atoms with Gasteiger partial charge in [-0.1, -0.05) is 7.43 Å². The van der Waals surface area contributed by atoms with Gasteiger partial charge in [0.25, 0.3) is 0 Å². The van der Waals surface area contributed by atoms with Gasteiger partial charge >= 0.3 is 24.1 Å². The number of nitriles is 1. The number of carboxylic acid groups (broad SMARTS) is 3. The summed E-state index contributed by atoms with van der Waals surface area (Å²) < 4.78 is 48.2. The average molecular weight is 544 g/mol. The van der Waals surface area contributed by atoms with Crippen LogP contribution in [0.4, 0.5) is 24.7 Å². The van der Waals surface area contributed by atoms with Crippen molar-refractivity contribution in [2.75, 3.05) is 37.9 Å². The van der Waals surface area contributed by atoms with Gasteiger partial charge in [-0.25, -0.2) is 4.79 Å². The Labute approximate surface area is 213 Å². The SMILES string of the molecule is C.COc1cc2c(cc1OC)Oc1nc(NCC(=O)O)c(C#N)c(NCC(=O)O)c1C2.O=C(O)C(F)(F)F. The van der Waals surface area contributed by atoms with Crippen LogP contribution in [0.2, 0.25) is 0 Å². The number of nitrogens with zero attached hydrogens (tertiary/aromatic N) is 2. The number of carboxylic acids is 3. The Bertz CT molecular complexity index is 1260. The number of pyridine rings is 1. The van der Waals surface area contributed by atoms with E-state index in [1.165, 1.54) is 14.2 Å². The minimum Gasteiger partial charge on any atom is -0.493 e. The van der Waals surface area contributed by atoms with Crippen LogP contribution in [0, 0.1) is 11.3 Å². The molecule has 206 valence electrons. The smallest absolute Gasteiger partial charge is 0.490 e. The number of fused-ring (bicyclic) bond motifs is 2. The number of aliphatic carboxylic acids is 3. The Balaban J connectivity index is 0.000000797. The van der Waals surface area contributed by atoms with Crippen LogP contribution in [0.1, 0.15) is 24.1 Å². The fourth-order valence-electron chi connectivity index (χ4n) is 3.03. The Hall–Kier alpha value is -4.94. The van der Waals surface area contributed by atoms with Crippen molar-refractivity contribution in [3.05, 3.63) is 28.8 Å². The molecule has 0 unspecified atom stereocenters. The van der Waals surface area contributed by atoms with Crippen molar-refractivity contribution in [3.8, 4) is 29.2 Å². The van der Waals surface area contributed by atoms with Gasteiger partial charge in [0.15, 0.2) is 17.3 Å². The predicted octanol–water partition coefficient (Wildman–Crippen LogP) is 2.93. The fraction of sp³-hybridized carbons (Fsp3) is 0.318. The third kappa shape index (κ3) is 7.53. The van der Waals surface area contributed by atoms with Crippen molar-refractivity contribution in [2.45, 2.75) is 20.0 Å². The first-order chi connectivity index (χ1) is 17.3. The molecule has 0 spiro atoms. The van der Waals surface area contributed by atoms with Crippen LogP contribution in [0.5, 0.6) is 23.1 Å². The van der Waals surface area contributed by atoms with E-state index in [9.17, 15) is 28.0 Å². The minimum atomic E-state index is -5.08. The van der Waals surface area contributed by atoms with Gasteiger partial charge in [-0.05, 0) is 6.07 Å². The zero-order chi connectivity index (χ0) is 27.9. The van der Waals surface area contributed by atoms with Gasteiger partial charge in [0.1, 0.15) is 30.5 Å². The fourth-order valence-corrected chi connectivity index (χ4v) is 3.03. The molecule has 1 aromatic heterocycles. The van der Waals surface area contributed by atoms with E-state index in [1.807, 2.05) is 6.07 Å². The van der Waals surface area contributed by atoms with Crippen molar-refractivity contribution >= 4 is 29.4 Å². The number of hydrogen-bond donors (Lipinski definition) is 5. The highest BCUT2D eigenvalue weighted by atomic mass is 19.4. The molecule has 0 bridgehead atoms. The molecule has 0 aliphatic carbocycles. The molecule has 1 aromatic carbocycles. The van der Waals surface area contributed by atoms with Crippen molar-refractivity contribution in [1.29, 1.82) is 5.26 Å². The zero-order valence-electron chi connectivity index (χ0n) is 19.1. The molecule has 0 saturated heterocycles. The lowest BCUT2D eigenvalue weighted by Gasteiger charge is -2.25. The summed E-state index contributed by atoms with van der Waals surface area (Å²) in [6.45, 7) is -0.942. The monoisotopic (exact) mass is 544 g/mol. The number of halogens is 3. The second-order valence-electron chi connectivity index (χ2n) is 7.00. The van der Waals surface area contributed by atoms with Crippen LogP contribution in [0.25, 0.3) is 0 Å². The lowest BCUT2D eigenvalue weighted by molar-refractivity contribution is -0.192. The molecule has 13 nitrogen and oxygen atoms in total. The molecule has 2 heterocycles. The zero-order valence-corrected chi connectivity index (χ0v) is 19.1. The topological polar surface area (TPSA) is 200 Å². The van der Waals surface area contributed by atoms with Gasteiger partial charge in [-0.3, -0.25) is 9.59 Å². The Kier molecular flexibility index (Phi) is 10.5. The normalized spacial score (nSPS) is 10.9. The van der Waals surface area contributed by atoms with E-state index in [0.717, 1.165) is 5.56 Å². The summed E-state index contributed by atoms with van der Waals surface area (Å²) in [4.78, 5) is 35.2. The van der Waals surface area contributed by atoms with E-state index in [0.29, 0.717) is 22.8 Å². The second kappa shape index (κ2) is 12.9. The molecule has 3 rings (SSSR count). The molecule has 38 heavy (non-hydrogen) atoms. The number of hydrogen-bond acceptors (Lipinski definition) is 10. The first-order valence-electron chi connectivity index (χ1n) is 9.93. The third-order valence-electron chi connectivity index (χ3n) is 4.58. The van der Waals surface area contributed by atoms with Crippen molar-refractivity contribution in [3.63, 3.8) is 0 Å². The van der Waals surface area contributed by atoms with Crippen molar-refractivity contribution in [2.24, 2.45) is 0 Å². The van der Waals surface area contributed by atoms with E-state index < -0.39 is 37.2 Å². The largest absolute Gasteiger partial charge is 0.493 e. The van der Waals surface area contributed by atoms with E-state index >= 15 is 0 Å². The van der Waals surface area contributed by atoms with Crippen LogP contribution in [0.3, 0.4) is 0 Å². The van der Waals surface area contributed by atoms with E-state index in [-0.39, 0.29) is 36.8 Å². The second-order valence-corrected chi connectivity index (χ2v) is 7.00. The lowest BCUT2D eigenvalue weighted by atomic mass is 9.98. The number of aromatic nitrogens is 1. The standard InChI is InChI=1S/C19H18N4O7.C2HF3O2.CH4/c1-28-13-4-9-3-10-17(21-7-15(24)25)11(6-20)18(22-8-16(26)27)23-19(10)30-12(9)5-14(13)29-2;3-2(4,5)1(6)7;/h4-5H,3,7-8H2,1-2H3,(H,24,25)(H,26,27)(H2,21,22,23);(H,6,7);1H4. The Morgan fingerprint density at radius 3 is 2.08 bits per heavy atom. The van der Waals surface area contributed by atoms with Gasteiger partial charge in [0.2, 0.25) is 5.88 Å². The summed E-state index contributed by atoms with van der Waals surface area (Å²) in [6, 6.07) is 5.31. The molecule has 1 aliphatic heterocycles. The number of methoxy groups -OCH3 is 2. The highest BCUT2D eigenvalue weighted by Gasteiger charge is 2.38. The van der Waals surface area contributed by atoms with Crippen LogP contribution < -0.4 is 24.8 Å². The molecule has 2 aromatic rings. The maximum Gasteiger partial charge on any atom is 0.490 e. The molecule has 0 fully saturated rings. The number of rotatable bonds is 8. The molecule has 1 aliphatic rings. The minimum absolute atomic E-state index is 0. The molecule has 0 atom stereocenters. The summed E-state index contributed by atoms with van der Waals surface area (Å²) in [5, 5.41) is 40.0. The first kappa shape index (κ1) is 31.1. The molecule has 16 heteroatoms. The van der Waals surface area contributed by atoms with E-state index in [2.05, 4.69) is 15.6 Å². The van der Waals surface area contributed by atoms with Gasteiger partial charge in [-0.15, -0.1) is 0 Å². The van der Waals surface area contributed by atoms with Gasteiger partial charge in [-0.2, -0.15) is 23.4 Å². The summed E-state index contributed by atoms with van der Waals surface area (Å²) in [5.74, 6) is -3.57. The number of alkyl halides is 3. The molecular weight excluding hydrogens is 521 g/mol. The molecule has 5 N–H and O–H groups in total. The van der Waals surface area contributed by atoms with Gasteiger partial charge in [0, 0.05) is 23.6 Å². The number of anilines is 2. The molecular formula is C22H23F3N4O9. The Morgan fingerprint density at radius 1 is 1.08 bits per heavy atom. The average Bonchev–Trinajstić information content (AvgIpc) is 2.83. The van der Waals surface area contributed by atoms with Gasteiger partial charge < -0.3 is 40.2 Å². The van der Waals surface area contributed by atoms with Crippen molar-refractivity contribution in [1.82, 2.24) is 4.98 Å². The highest BCUT2D eigenvalue weighted by molar-refractivity contribution is 5.81. The van der Waals surface area contributed by atoms with Crippen molar-refractivity contribution < 1.29 is 57.1 Å². The number of nitrogens with one attached hydrogen (secondary N) is 2.